The van der Waals surface area contributed by atoms with Gasteiger partial charge >= 0.3 is 5.97 Å². The number of carboxylic acids is 1. The number of aliphatic hydroxyl groups is 3. The zero-order chi connectivity index (χ0) is 34.6. The van der Waals surface area contributed by atoms with Crippen LogP contribution in [0.4, 0.5) is 0 Å². The predicted molar refractivity (Wildman–Crippen MR) is 151 cm³/mol. The van der Waals surface area contributed by atoms with Crippen LogP contribution >= 0.6 is 0 Å². The number of likely N-dealkylation sites (tertiary alicyclic amines) is 1. The van der Waals surface area contributed by atoms with Gasteiger partial charge in [0.05, 0.1) is 31.8 Å². The number of amides is 7. The first kappa shape index (κ1) is 38.6. The number of hydrogen-bond donors (Lipinski definition) is 11. The van der Waals surface area contributed by atoms with Crippen molar-refractivity contribution in [2.75, 3.05) is 19.8 Å². The van der Waals surface area contributed by atoms with Gasteiger partial charge in [0.25, 0.3) is 0 Å². The topological polar surface area (TPSA) is 333 Å². The van der Waals surface area contributed by atoms with E-state index in [0.717, 1.165) is 13.8 Å². The fourth-order valence-electron chi connectivity index (χ4n) is 4.20. The Kier molecular flexibility index (Phi) is 15.3. The first-order valence-corrected chi connectivity index (χ1v) is 13.9. The highest BCUT2D eigenvalue weighted by Gasteiger charge is 2.38. The van der Waals surface area contributed by atoms with Crippen LogP contribution in [0.3, 0.4) is 0 Å². The SMILES string of the molecule is C[C@H](N)C(=O)N1CCC[C@H]1C(=O)N[C@@H](CO)C(=O)N[C@@H](CC(N)=O)C(=O)N[C@@H](CO)C(=O)N[C@H](C(=O)N[C@@H](C)C(=O)O)[C@@H](C)O. The molecule has 0 aromatic carbocycles. The van der Waals surface area contributed by atoms with Crippen molar-refractivity contribution in [3.05, 3.63) is 0 Å². The van der Waals surface area contributed by atoms with Crippen LogP contribution in [0.2, 0.25) is 0 Å². The fourth-order valence-corrected chi connectivity index (χ4v) is 4.20. The summed E-state index contributed by atoms with van der Waals surface area (Å²) in [5.74, 6) is -8.41. The molecule has 0 saturated carbocycles. The highest BCUT2D eigenvalue weighted by molar-refractivity contribution is 5.98. The van der Waals surface area contributed by atoms with Crippen LogP contribution in [0.15, 0.2) is 0 Å². The molecule has 1 fully saturated rings. The Bertz CT molecular complexity index is 1130. The molecular formula is C25H42N8O12. The van der Waals surface area contributed by atoms with E-state index in [0.29, 0.717) is 6.42 Å². The molecule has 0 radical (unpaired) electrons. The van der Waals surface area contributed by atoms with E-state index in [1.165, 1.54) is 11.8 Å². The number of nitrogens with one attached hydrogen (secondary N) is 5. The molecule has 1 heterocycles. The van der Waals surface area contributed by atoms with Crippen molar-refractivity contribution in [1.82, 2.24) is 31.5 Å². The lowest BCUT2D eigenvalue weighted by Gasteiger charge is -2.28. The van der Waals surface area contributed by atoms with E-state index >= 15 is 0 Å². The summed E-state index contributed by atoms with van der Waals surface area (Å²) in [7, 11) is 0. The number of aliphatic hydroxyl groups excluding tert-OH is 3. The Morgan fingerprint density at radius 1 is 0.800 bits per heavy atom. The van der Waals surface area contributed by atoms with Crippen LogP contribution in [-0.4, -0.2) is 141 Å². The Morgan fingerprint density at radius 2 is 1.31 bits per heavy atom. The van der Waals surface area contributed by atoms with Gasteiger partial charge in [-0.3, -0.25) is 38.4 Å². The molecule has 0 bridgehead atoms. The van der Waals surface area contributed by atoms with E-state index in [1.54, 1.807) is 0 Å². The molecule has 0 aromatic heterocycles. The molecule has 7 amide bonds. The van der Waals surface area contributed by atoms with Crippen molar-refractivity contribution in [2.45, 2.75) is 88.4 Å². The first-order chi connectivity index (χ1) is 20.9. The zero-order valence-corrected chi connectivity index (χ0v) is 25.0. The van der Waals surface area contributed by atoms with E-state index in [9.17, 15) is 53.7 Å². The monoisotopic (exact) mass is 646 g/mol. The second-order valence-corrected chi connectivity index (χ2v) is 10.5. The molecule has 1 aliphatic heterocycles. The van der Waals surface area contributed by atoms with Crippen molar-refractivity contribution in [3.8, 4) is 0 Å². The lowest BCUT2D eigenvalue weighted by atomic mass is 10.1. The minimum absolute atomic E-state index is 0.249. The molecule has 8 atom stereocenters. The number of carbonyl (C=O) groups excluding carboxylic acids is 7. The molecule has 20 nitrogen and oxygen atoms in total. The quantitative estimate of drug-likeness (QED) is 0.0701. The molecule has 1 aliphatic rings. The molecule has 0 aromatic rings. The van der Waals surface area contributed by atoms with E-state index < -0.39 is 115 Å². The summed E-state index contributed by atoms with van der Waals surface area (Å²) in [5.41, 5.74) is 10.8. The highest BCUT2D eigenvalue weighted by atomic mass is 16.4. The number of aliphatic carboxylic acids is 1. The number of carbonyl (C=O) groups is 8. The van der Waals surface area contributed by atoms with Gasteiger partial charge in [0.2, 0.25) is 41.4 Å². The summed E-state index contributed by atoms with van der Waals surface area (Å²) < 4.78 is 0. The number of primary amides is 1. The normalized spacial score (nSPS) is 19.0. The van der Waals surface area contributed by atoms with Crippen molar-refractivity contribution in [2.24, 2.45) is 11.5 Å². The molecule has 45 heavy (non-hydrogen) atoms. The maximum atomic E-state index is 13.0. The van der Waals surface area contributed by atoms with E-state index in [1.807, 2.05) is 5.32 Å². The lowest BCUT2D eigenvalue weighted by molar-refractivity contribution is -0.142. The van der Waals surface area contributed by atoms with Crippen molar-refractivity contribution >= 4 is 47.3 Å². The third-order valence-corrected chi connectivity index (χ3v) is 6.69. The van der Waals surface area contributed by atoms with Gasteiger partial charge < -0.3 is 63.4 Å². The number of carboxylic acid groups (broad SMARTS) is 1. The Labute approximate surface area is 257 Å². The van der Waals surface area contributed by atoms with E-state index in [4.69, 9.17) is 16.6 Å². The Morgan fingerprint density at radius 3 is 1.80 bits per heavy atom. The van der Waals surface area contributed by atoms with Crippen molar-refractivity contribution in [1.29, 1.82) is 0 Å². The summed E-state index contributed by atoms with van der Waals surface area (Å²) >= 11 is 0. The summed E-state index contributed by atoms with van der Waals surface area (Å²) in [6.07, 6.45) is -1.63. The van der Waals surface area contributed by atoms with Gasteiger partial charge in [0, 0.05) is 6.54 Å². The third kappa shape index (κ3) is 11.6. The molecule has 1 saturated heterocycles. The largest absolute Gasteiger partial charge is 0.480 e. The van der Waals surface area contributed by atoms with Crippen LogP contribution in [0, 0.1) is 0 Å². The molecule has 1 rings (SSSR count). The Hall–Kier alpha value is -4.40. The second kappa shape index (κ2) is 17.8. The molecule has 254 valence electrons. The van der Waals surface area contributed by atoms with Crippen molar-refractivity contribution < 1.29 is 58.8 Å². The number of rotatable bonds is 17. The van der Waals surface area contributed by atoms with Crippen LogP contribution in [0.5, 0.6) is 0 Å². The molecule has 0 spiro atoms. The van der Waals surface area contributed by atoms with Gasteiger partial charge in [-0.15, -0.1) is 0 Å². The fraction of sp³-hybridized carbons (Fsp3) is 0.680. The van der Waals surface area contributed by atoms with Gasteiger partial charge in [0.15, 0.2) is 0 Å². The Balaban J connectivity index is 3.00. The molecule has 20 heteroatoms. The van der Waals surface area contributed by atoms with Crippen molar-refractivity contribution in [3.63, 3.8) is 0 Å². The number of hydrogen-bond acceptors (Lipinski definition) is 12. The average Bonchev–Trinajstić information content (AvgIpc) is 3.45. The van der Waals surface area contributed by atoms with Gasteiger partial charge in [-0.25, -0.2) is 0 Å². The molecule has 13 N–H and O–H groups in total. The number of nitrogens with two attached hydrogens (primary N) is 2. The molecular weight excluding hydrogens is 604 g/mol. The average molecular weight is 647 g/mol. The van der Waals surface area contributed by atoms with Crippen LogP contribution in [-0.2, 0) is 38.4 Å². The maximum absolute atomic E-state index is 13.0. The van der Waals surface area contributed by atoms with Gasteiger partial charge in [-0.2, -0.15) is 0 Å². The smallest absolute Gasteiger partial charge is 0.325 e. The summed E-state index contributed by atoms with van der Waals surface area (Å²) in [6, 6.07) is -10.2. The van der Waals surface area contributed by atoms with Gasteiger partial charge in [0.1, 0.15) is 36.3 Å². The predicted octanol–water partition coefficient (Wildman–Crippen LogP) is -6.91. The summed E-state index contributed by atoms with van der Waals surface area (Å²) in [4.78, 5) is 100. The first-order valence-electron chi connectivity index (χ1n) is 13.9. The highest BCUT2D eigenvalue weighted by Crippen LogP contribution is 2.18. The van der Waals surface area contributed by atoms with Crippen LogP contribution in [0.1, 0.15) is 40.0 Å². The zero-order valence-electron chi connectivity index (χ0n) is 25.0. The van der Waals surface area contributed by atoms with Gasteiger partial charge in [-0.1, -0.05) is 0 Å². The second-order valence-electron chi connectivity index (χ2n) is 10.5. The van der Waals surface area contributed by atoms with Crippen LogP contribution in [0.25, 0.3) is 0 Å². The third-order valence-electron chi connectivity index (χ3n) is 6.69. The van der Waals surface area contributed by atoms with E-state index in [2.05, 4.69) is 21.3 Å². The lowest BCUT2D eigenvalue weighted by Crippen LogP contribution is -2.62. The summed E-state index contributed by atoms with van der Waals surface area (Å²) in [5, 5.41) is 48.9. The minimum Gasteiger partial charge on any atom is -0.480 e. The standard InChI is InChI=1S/C25H42N8O12/c1-10(26)24(43)33-6-4-5-16(33)22(41)31-14(8-34)20(39)29-13(7-17(27)37)19(38)30-15(9-35)21(40)32-18(12(3)36)23(42)28-11(2)25(44)45/h10-16,18,34-36H,4-9,26H2,1-3H3,(H2,27,37)(H,28,42)(H,29,39)(H,30,38)(H,31,41)(H,32,40)(H,44,45)/t10-,11-,12+,13-,14-,15-,16-,18-/m0/s1. The summed E-state index contributed by atoms with van der Waals surface area (Å²) in [6.45, 7) is 1.91. The van der Waals surface area contributed by atoms with Crippen LogP contribution < -0.4 is 38.1 Å². The molecule has 0 aliphatic carbocycles. The molecule has 0 unspecified atom stereocenters. The minimum atomic E-state index is -1.81. The van der Waals surface area contributed by atoms with E-state index in [-0.39, 0.29) is 13.0 Å². The number of nitrogens with zero attached hydrogens (tertiary/aromatic N) is 1. The maximum Gasteiger partial charge on any atom is 0.325 e. The van der Waals surface area contributed by atoms with Gasteiger partial charge in [-0.05, 0) is 33.6 Å².